The van der Waals surface area contributed by atoms with E-state index in [1.807, 2.05) is 6.20 Å². The second-order valence-corrected chi connectivity index (χ2v) is 6.37. The minimum atomic E-state index is 0.593. The standard InChI is InChI=1S/C16H22BrN3/c1-13(11-20-9-8-18-14(20)2)10-19(3)12-15-6-4-5-7-16(15)17/h4-9,13H,10-12H2,1-3H3/t13-/m1/s1. The molecule has 1 heterocycles. The van der Waals surface area contributed by atoms with Crippen LogP contribution in [0.1, 0.15) is 18.3 Å². The molecule has 0 unspecified atom stereocenters. The van der Waals surface area contributed by atoms with Crippen molar-refractivity contribution in [1.29, 1.82) is 0 Å². The molecule has 0 saturated carbocycles. The van der Waals surface area contributed by atoms with Crippen LogP contribution < -0.4 is 0 Å². The Labute approximate surface area is 129 Å². The van der Waals surface area contributed by atoms with Crippen molar-refractivity contribution in [2.45, 2.75) is 26.9 Å². The number of benzene rings is 1. The first-order valence-electron chi connectivity index (χ1n) is 6.96. The normalized spacial score (nSPS) is 12.8. The Balaban J connectivity index is 1.87. The predicted octanol–water partition coefficient (Wildman–Crippen LogP) is 3.72. The van der Waals surface area contributed by atoms with E-state index in [9.17, 15) is 0 Å². The first-order valence-corrected chi connectivity index (χ1v) is 7.75. The molecule has 0 N–H and O–H groups in total. The first-order chi connectivity index (χ1) is 9.56. The van der Waals surface area contributed by atoms with Gasteiger partial charge in [0.15, 0.2) is 0 Å². The summed E-state index contributed by atoms with van der Waals surface area (Å²) in [6.45, 7) is 7.40. The Kier molecular flexibility index (Phi) is 5.38. The zero-order valence-electron chi connectivity index (χ0n) is 12.4. The number of imidazole rings is 1. The Bertz CT molecular complexity index is 550. The molecular weight excluding hydrogens is 314 g/mol. The second-order valence-electron chi connectivity index (χ2n) is 5.52. The highest BCUT2D eigenvalue weighted by Crippen LogP contribution is 2.18. The van der Waals surface area contributed by atoms with Gasteiger partial charge in [0.05, 0.1) is 0 Å². The van der Waals surface area contributed by atoms with Crippen molar-refractivity contribution in [3.05, 3.63) is 52.5 Å². The maximum Gasteiger partial charge on any atom is 0.105 e. The van der Waals surface area contributed by atoms with Crippen LogP contribution in [0.4, 0.5) is 0 Å². The molecule has 0 aliphatic carbocycles. The topological polar surface area (TPSA) is 21.1 Å². The summed E-state index contributed by atoms with van der Waals surface area (Å²) in [6.07, 6.45) is 3.92. The van der Waals surface area contributed by atoms with Crippen LogP contribution in [-0.2, 0) is 13.1 Å². The molecule has 0 bridgehead atoms. The summed E-state index contributed by atoms with van der Waals surface area (Å²) >= 11 is 3.61. The van der Waals surface area contributed by atoms with Gasteiger partial charge in [-0.3, -0.25) is 0 Å². The lowest BCUT2D eigenvalue weighted by molar-refractivity contribution is 0.262. The van der Waals surface area contributed by atoms with Crippen molar-refractivity contribution < 1.29 is 0 Å². The van der Waals surface area contributed by atoms with Crippen molar-refractivity contribution in [2.75, 3.05) is 13.6 Å². The van der Waals surface area contributed by atoms with Gasteiger partial charge in [-0.15, -0.1) is 0 Å². The molecule has 3 nitrogen and oxygen atoms in total. The number of hydrogen-bond donors (Lipinski definition) is 0. The van der Waals surface area contributed by atoms with Gasteiger partial charge in [-0.2, -0.15) is 0 Å². The second kappa shape index (κ2) is 7.04. The van der Waals surface area contributed by atoms with Gasteiger partial charge >= 0.3 is 0 Å². The zero-order valence-corrected chi connectivity index (χ0v) is 14.0. The zero-order chi connectivity index (χ0) is 14.5. The molecule has 1 aromatic carbocycles. The van der Waals surface area contributed by atoms with Crippen molar-refractivity contribution in [3.63, 3.8) is 0 Å². The van der Waals surface area contributed by atoms with Crippen LogP contribution in [0.5, 0.6) is 0 Å². The van der Waals surface area contributed by atoms with E-state index in [1.165, 1.54) is 10.0 Å². The minimum Gasteiger partial charge on any atom is -0.335 e. The SMILES string of the molecule is Cc1nccn1C[C@H](C)CN(C)Cc1ccccc1Br. The third kappa shape index (κ3) is 4.18. The van der Waals surface area contributed by atoms with Gasteiger partial charge in [-0.05, 0) is 31.5 Å². The van der Waals surface area contributed by atoms with Crippen molar-refractivity contribution in [3.8, 4) is 0 Å². The number of aryl methyl sites for hydroxylation is 1. The van der Waals surface area contributed by atoms with Crippen LogP contribution in [0.3, 0.4) is 0 Å². The van der Waals surface area contributed by atoms with Crippen LogP contribution >= 0.6 is 15.9 Å². The first kappa shape index (κ1) is 15.3. The lowest BCUT2D eigenvalue weighted by Crippen LogP contribution is -2.26. The Hall–Kier alpha value is -1.13. The monoisotopic (exact) mass is 335 g/mol. The summed E-state index contributed by atoms with van der Waals surface area (Å²) in [7, 11) is 2.18. The smallest absolute Gasteiger partial charge is 0.105 e. The molecule has 0 aliphatic rings. The van der Waals surface area contributed by atoms with E-state index in [-0.39, 0.29) is 0 Å². The molecule has 0 amide bonds. The maximum absolute atomic E-state index is 4.27. The maximum atomic E-state index is 4.27. The van der Waals surface area contributed by atoms with Crippen LogP contribution in [0.15, 0.2) is 41.1 Å². The van der Waals surface area contributed by atoms with Crippen LogP contribution in [-0.4, -0.2) is 28.0 Å². The van der Waals surface area contributed by atoms with E-state index >= 15 is 0 Å². The van der Waals surface area contributed by atoms with Crippen molar-refractivity contribution >= 4 is 15.9 Å². The van der Waals surface area contributed by atoms with E-state index in [2.05, 4.69) is 81.7 Å². The average molecular weight is 336 g/mol. The minimum absolute atomic E-state index is 0.593. The number of aromatic nitrogens is 2. The molecular formula is C16H22BrN3. The highest BCUT2D eigenvalue weighted by atomic mass is 79.9. The number of hydrogen-bond acceptors (Lipinski definition) is 2. The Morgan fingerprint density at radius 1 is 1.35 bits per heavy atom. The van der Waals surface area contributed by atoms with Crippen molar-refractivity contribution in [1.82, 2.24) is 14.5 Å². The molecule has 0 aliphatic heterocycles. The molecule has 108 valence electrons. The number of rotatable bonds is 6. The lowest BCUT2D eigenvalue weighted by Gasteiger charge is -2.22. The van der Waals surface area contributed by atoms with E-state index < -0.39 is 0 Å². The highest BCUT2D eigenvalue weighted by Gasteiger charge is 2.10. The fourth-order valence-corrected chi connectivity index (χ4v) is 2.91. The molecule has 2 rings (SSSR count). The van der Waals surface area contributed by atoms with Crippen LogP contribution in [0, 0.1) is 12.8 Å². The molecule has 1 atom stereocenters. The lowest BCUT2D eigenvalue weighted by atomic mass is 10.1. The van der Waals surface area contributed by atoms with Crippen LogP contribution in [0.25, 0.3) is 0 Å². The van der Waals surface area contributed by atoms with Gasteiger partial charge in [-0.25, -0.2) is 4.98 Å². The molecule has 0 fully saturated rings. The van der Waals surface area contributed by atoms with Gasteiger partial charge < -0.3 is 9.47 Å². The summed E-state index contributed by atoms with van der Waals surface area (Å²) in [5, 5.41) is 0. The summed E-state index contributed by atoms with van der Waals surface area (Å²) < 4.78 is 3.40. The molecule has 0 spiro atoms. The van der Waals surface area contributed by atoms with E-state index in [0.29, 0.717) is 5.92 Å². The highest BCUT2D eigenvalue weighted by molar-refractivity contribution is 9.10. The molecule has 20 heavy (non-hydrogen) atoms. The van der Waals surface area contributed by atoms with Gasteiger partial charge in [-0.1, -0.05) is 41.1 Å². The molecule has 0 saturated heterocycles. The quantitative estimate of drug-likeness (QED) is 0.802. The van der Waals surface area contributed by atoms with E-state index in [4.69, 9.17) is 0 Å². The summed E-state index contributed by atoms with van der Waals surface area (Å²) in [5.74, 6) is 1.68. The molecule has 0 radical (unpaired) electrons. The van der Waals surface area contributed by atoms with Crippen molar-refractivity contribution in [2.24, 2.45) is 5.92 Å². The number of halogens is 1. The summed E-state index contributed by atoms with van der Waals surface area (Å²) in [5.41, 5.74) is 1.33. The largest absolute Gasteiger partial charge is 0.335 e. The van der Waals surface area contributed by atoms with E-state index in [1.54, 1.807) is 0 Å². The summed E-state index contributed by atoms with van der Waals surface area (Å²) in [6, 6.07) is 8.41. The predicted molar refractivity (Wildman–Crippen MR) is 86.6 cm³/mol. The third-order valence-corrected chi connectivity index (χ3v) is 4.23. The molecule has 1 aromatic heterocycles. The van der Waals surface area contributed by atoms with Crippen LogP contribution in [0.2, 0.25) is 0 Å². The fraction of sp³-hybridized carbons (Fsp3) is 0.438. The Morgan fingerprint density at radius 3 is 2.75 bits per heavy atom. The van der Waals surface area contributed by atoms with Gasteiger partial charge in [0.1, 0.15) is 5.82 Å². The Morgan fingerprint density at radius 2 is 2.10 bits per heavy atom. The number of nitrogens with zero attached hydrogens (tertiary/aromatic N) is 3. The molecule has 2 aromatic rings. The average Bonchev–Trinajstić information content (AvgIpc) is 2.77. The van der Waals surface area contributed by atoms with E-state index in [0.717, 1.165) is 25.5 Å². The fourth-order valence-electron chi connectivity index (χ4n) is 2.50. The van der Waals surface area contributed by atoms with Gasteiger partial charge in [0.25, 0.3) is 0 Å². The van der Waals surface area contributed by atoms with Gasteiger partial charge in [0.2, 0.25) is 0 Å². The summed E-state index contributed by atoms with van der Waals surface area (Å²) in [4.78, 5) is 6.64. The third-order valence-electron chi connectivity index (χ3n) is 3.45. The molecule has 4 heteroatoms. The van der Waals surface area contributed by atoms with Gasteiger partial charge in [0, 0.05) is 36.5 Å².